The molecule has 0 aromatic carbocycles. The van der Waals surface area contributed by atoms with Crippen LogP contribution in [0.15, 0.2) is 23.9 Å². The fourth-order valence-electron chi connectivity index (χ4n) is 0.742. The lowest BCUT2D eigenvalue weighted by Gasteiger charge is -1.97. The first-order chi connectivity index (χ1) is 4.30. The minimum atomic E-state index is -0.330. The van der Waals surface area contributed by atoms with E-state index in [1.54, 1.807) is 12.2 Å². The van der Waals surface area contributed by atoms with Gasteiger partial charge in [-0.05, 0) is 6.42 Å². The predicted octanol–water partition coefficient (Wildman–Crippen LogP) is 1.50. The molecule has 9 heavy (non-hydrogen) atoms. The summed E-state index contributed by atoms with van der Waals surface area (Å²) in [5.74, 6) is 0. The minimum absolute atomic E-state index is 0.317. The standard InChI is InChI=1S/C6H7NO2/c8-7(9)6-4-2-1-3-5-6/h1-2,4H,3,5H2. The van der Waals surface area contributed by atoms with Gasteiger partial charge in [-0.25, -0.2) is 0 Å². The topological polar surface area (TPSA) is 43.1 Å². The summed E-state index contributed by atoms with van der Waals surface area (Å²) in [5, 5.41) is 10.1. The van der Waals surface area contributed by atoms with Crippen molar-refractivity contribution in [3.63, 3.8) is 0 Å². The smallest absolute Gasteiger partial charge is 0.246 e. The zero-order chi connectivity index (χ0) is 6.69. The SMILES string of the molecule is O=[N+]([O-])C1=CC=CCC1. The van der Waals surface area contributed by atoms with Gasteiger partial charge in [-0.1, -0.05) is 12.2 Å². The van der Waals surface area contributed by atoms with E-state index in [4.69, 9.17) is 0 Å². The Bertz CT molecular complexity index is 181. The van der Waals surface area contributed by atoms with Gasteiger partial charge < -0.3 is 0 Å². The third-order valence-electron chi connectivity index (χ3n) is 1.23. The van der Waals surface area contributed by atoms with Crippen molar-refractivity contribution in [2.75, 3.05) is 0 Å². The first-order valence-corrected chi connectivity index (χ1v) is 2.81. The van der Waals surface area contributed by atoms with Crippen molar-refractivity contribution in [2.24, 2.45) is 0 Å². The molecule has 1 rings (SSSR count). The van der Waals surface area contributed by atoms with Crippen LogP contribution in [-0.4, -0.2) is 4.92 Å². The van der Waals surface area contributed by atoms with Crippen molar-refractivity contribution < 1.29 is 4.92 Å². The van der Waals surface area contributed by atoms with E-state index in [2.05, 4.69) is 0 Å². The van der Waals surface area contributed by atoms with Crippen molar-refractivity contribution >= 4 is 0 Å². The summed E-state index contributed by atoms with van der Waals surface area (Å²) >= 11 is 0. The average molecular weight is 125 g/mol. The molecule has 0 heterocycles. The van der Waals surface area contributed by atoms with Crippen LogP contribution in [0.5, 0.6) is 0 Å². The van der Waals surface area contributed by atoms with Gasteiger partial charge >= 0.3 is 0 Å². The predicted molar refractivity (Wildman–Crippen MR) is 33.5 cm³/mol. The summed E-state index contributed by atoms with van der Waals surface area (Å²) < 4.78 is 0. The lowest BCUT2D eigenvalue weighted by molar-refractivity contribution is -0.428. The van der Waals surface area contributed by atoms with E-state index in [1.165, 1.54) is 0 Å². The van der Waals surface area contributed by atoms with Crippen LogP contribution in [0.3, 0.4) is 0 Å². The molecule has 0 atom stereocenters. The number of nitrogens with zero attached hydrogens (tertiary/aromatic N) is 1. The molecule has 0 saturated carbocycles. The molecule has 0 aliphatic heterocycles. The highest BCUT2D eigenvalue weighted by molar-refractivity contribution is 5.11. The second kappa shape index (κ2) is 2.44. The summed E-state index contributed by atoms with van der Waals surface area (Å²) in [6.07, 6.45) is 6.56. The molecule has 0 bridgehead atoms. The fraction of sp³-hybridized carbons (Fsp3) is 0.333. The molecule has 0 radical (unpaired) electrons. The molecule has 1 aliphatic rings. The van der Waals surface area contributed by atoms with Gasteiger partial charge in [0.15, 0.2) is 0 Å². The number of allylic oxidation sites excluding steroid dienone is 4. The Labute approximate surface area is 52.8 Å². The van der Waals surface area contributed by atoms with Gasteiger partial charge in [0.25, 0.3) is 0 Å². The third-order valence-corrected chi connectivity index (χ3v) is 1.23. The minimum Gasteiger partial charge on any atom is -0.259 e. The number of hydrogen-bond acceptors (Lipinski definition) is 2. The molecule has 0 spiro atoms. The second-order valence-electron chi connectivity index (χ2n) is 1.88. The normalized spacial score (nSPS) is 17.1. The van der Waals surface area contributed by atoms with Gasteiger partial charge in [0, 0.05) is 12.5 Å². The average Bonchev–Trinajstić information content (AvgIpc) is 1.90. The van der Waals surface area contributed by atoms with E-state index >= 15 is 0 Å². The highest BCUT2D eigenvalue weighted by Gasteiger charge is 2.09. The van der Waals surface area contributed by atoms with Crippen LogP contribution in [0, 0.1) is 10.1 Å². The number of hydrogen-bond donors (Lipinski definition) is 0. The summed E-state index contributed by atoms with van der Waals surface area (Å²) in [7, 11) is 0. The van der Waals surface area contributed by atoms with Crippen molar-refractivity contribution in [1.82, 2.24) is 0 Å². The second-order valence-corrected chi connectivity index (χ2v) is 1.88. The number of rotatable bonds is 1. The van der Waals surface area contributed by atoms with E-state index in [-0.39, 0.29) is 4.92 Å². The van der Waals surface area contributed by atoms with E-state index in [9.17, 15) is 10.1 Å². The Hall–Kier alpha value is -1.12. The van der Waals surface area contributed by atoms with Crippen LogP contribution >= 0.6 is 0 Å². The van der Waals surface area contributed by atoms with Gasteiger partial charge in [0.2, 0.25) is 5.70 Å². The maximum atomic E-state index is 10.1. The lowest BCUT2D eigenvalue weighted by atomic mass is 10.1. The van der Waals surface area contributed by atoms with Gasteiger partial charge in [-0.15, -0.1) is 0 Å². The highest BCUT2D eigenvalue weighted by atomic mass is 16.6. The Balaban J connectivity index is 2.68. The zero-order valence-electron chi connectivity index (χ0n) is 4.91. The molecule has 0 aromatic rings. The zero-order valence-corrected chi connectivity index (χ0v) is 4.91. The van der Waals surface area contributed by atoms with Crippen LogP contribution in [0.4, 0.5) is 0 Å². The fourth-order valence-corrected chi connectivity index (χ4v) is 0.742. The molecule has 3 heteroatoms. The molecule has 0 aromatic heterocycles. The van der Waals surface area contributed by atoms with E-state index in [1.807, 2.05) is 6.08 Å². The molecular formula is C6H7NO2. The van der Waals surface area contributed by atoms with Gasteiger partial charge in [0.1, 0.15) is 0 Å². The molecule has 48 valence electrons. The molecule has 0 fully saturated rings. The van der Waals surface area contributed by atoms with Gasteiger partial charge in [-0.2, -0.15) is 0 Å². The first kappa shape index (κ1) is 6.01. The lowest BCUT2D eigenvalue weighted by Crippen LogP contribution is -1.99. The molecular weight excluding hydrogens is 118 g/mol. The Morgan fingerprint density at radius 2 is 2.44 bits per heavy atom. The van der Waals surface area contributed by atoms with Gasteiger partial charge in [0.05, 0.1) is 4.92 Å². The van der Waals surface area contributed by atoms with E-state index in [0.29, 0.717) is 12.1 Å². The van der Waals surface area contributed by atoms with E-state index in [0.717, 1.165) is 6.42 Å². The van der Waals surface area contributed by atoms with Gasteiger partial charge in [-0.3, -0.25) is 10.1 Å². The molecule has 0 unspecified atom stereocenters. The summed E-state index contributed by atoms with van der Waals surface area (Å²) in [6.45, 7) is 0. The quantitative estimate of drug-likeness (QED) is 0.393. The van der Waals surface area contributed by atoms with Crippen LogP contribution in [0.25, 0.3) is 0 Å². The van der Waals surface area contributed by atoms with Crippen molar-refractivity contribution in [3.8, 4) is 0 Å². The maximum absolute atomic E-state index is 10.1. The van der Waals surface area contributed by atoms with Crippen molar-refractivity contribution in [3.05, 3.63) is 34.0 Å². The van der Waals surface area contributed by atoms with Crippen LogP contribution in [0.1, 0.15) is 12.8 Å². The van der Waals surface area contributed by atoms with Crippen molar-refractivity contribution in [2.45, 2.75) is 12.8 Å². The Morgan fingerprint density at radius 3 is 2.78 bits per heavy atom. The van der Waals surface area contributed by atoms with Crippen LogP contribution in [-0.2, 0) is 0 Å². The Kier molecular flexibility index (Phi) is 1.63. The Morgan fingerprint density at radius 1 is 1.67 bits per heavy atom. The molecule has 0 N–H and O–H groups in total. The summed E-state index contributed by atoms with van der Waals surface area (Å²) in [6, 6.07) is 0. The molecule has 1 aliphatic carbocycles. The molecule has 3 nitrogen and oxygen atoms in total. The molecule has 0 saturated heterocycles. The number of nitro groups is 1. The largest absolute Gasteiger partial charge is 0.259 e. The summed E-state index contributed by atoms with van der Waals surface area (Å²) in [5.41, 5.74) is 0.317. The summed E-state index contributed by atoms with van der Waals surface area (Å²) in [4.78, 5) is 9.73. The van der Waals surface area contributed by atoms with Crippen molar-refractivity contribution in [1.29, 1.82) is 0 Å². The highest BCUT2D eigenvalue weighted by Crippen LogP contribution is 2.10. The monoisotopic (exact) mass is 125 g/mol. The molecule has 0 amide bonds. The first-order valence-electron chi connectivity index (χ1n) is 2.81. The van der Waals surface area contributed by atoms with E-state index < -0.39 is 0 Å². The maximum Gasteiger partial charge on any atom is 0.246 e. The third kappa shape index (κ3) is 1.38. The van der Waals surface area contributed by atoms with Crippen LogP contribution in [0.2, 0.25) is 0 Å². The van der Waals surface area contributed by atoms with Crippen LogP contribution < -0.4 is 0 Å².